The number of aromatic nitrogens is 1. The summed E-state index contributed by atoms with van der Waals surface area (Å²) in [5, 5.41) is 2.87. The molecule has 0 saturated heterocycles. The van der Waals surface area contributed by atoms with Crippen molar-refractivity contribution in [2.24, 2.45) is 11.3 Å². The number of hydrogen-bond donors (Lipinski definition) is 1. The smallest absolute Gasteiger partial charge is 0.273 e. The summed E-state index contributed by atoms with van der Waals surface area (Å²) >= 11 is 0. The Morgan fingerprint density at radius 2 is 1.80 bits per heavy atom. The highest BCUT2D eigenvalue weighted by molar-refractivity contribution is 5.91. The van der Waals surface area contributed by atoms with Crippen molar-refractivity contribution in [1.29, 1.82) is 0 Å². The SMILES string of the molecule is CCCCCNC(=O)c1coc(CN(CCCCC)C(=O)C[C@@H](C)CC(C)(C)C)n1. The Labute approximate surface area is 183 Å². The Bertz CT molecular complexity index is 634. The minimum Gasteiger partial charge on any atom is -0.446 e. The first kappa shape index (κ1) is 26.2. The number of unbranched alkanes of at least 4 members (excludes halogenated alkanes) is 4. The number of hydrogen-bond acceptors (Lipinski definition) is 4. The van der Waals surface area contributed by atoms with Gasteiger partial charge < -0.3 is 14.6 Å². The van der Waals surface area contributed by atoms with E-state index in [-0.39, 0.29) is 22.9 Å². The second-order valence-electron chi connectivity index (χ2n) is 9.69. The summed E-state index contributed by atoms with van der Waals surface area (Å²) in [7, 11) is 0. The highest BCUT2D eigenvalue weighted by Gasteiger charge is 2.22. The first-order valence-corrected chi connectivity index (χ1v) is 11.7. The number of carbonyl (C=O) groups is 2. The van der Waals surface area contributed by atoms with Gasteiger partial charge in [-0.3, -0.25) is 9.59 Å². The lowest BCUT2D eigenvalue weighted by molar-refractivity contribution is -0.133. The Morgan fingerprint density at radius 1 is 1.13 bits per heavy atom. The van der Waals surface area contributed by atoms with Crippen LogP contribution >= 0.6 is 0 Å². The normalized spacial score (nSPS) is 12.6. The molecule has 1 rings (SSSR count). The van der Waals surface area contributed by atoms with E-state index < -0.39 is 0 Å². The van der Waals surface area contributed by atoms with Gasteiger partial charge in [-0.05, 0) is 30.6 Å². The van der Waals surface area contributed by atoms with Gasteiger partial charge in [0, 0.05) is 19.5 Å². The molecule has 6 nitrogen and oxygen atoms in total. The topological polar surface area (TPSA) is 75.4 Å². The molecule has 172 valence electrons. The lowest BCUT2D eigenvalue weighted by Gasteiger charge is -2.26. The van der Waals surface area contributed by atoms with Crippen LogP contribution in [0.25, 0.3) is 0 Å². The largest absolute Gasteiger partial charge is 0.446 e. The molecule has 0 aliphatic carbocycles. The molecule has 1 aromatic rings. The van der Waals surface area contributed by atoms with Crippen LogP contribution in [0, 0.1) is 11.3 Å². The summed E-state index contributed by atoms with van der Waals surface area (Å²) in [5.74, 6) is 0.651. The maximum Gasteiger partial charge on any atom is 0.273 e. The number of oxazole rings is 1. The van der Waals surface area contributed by atoms with Crippen LogP contribution in [0.1, 0.15) is 109 Å². The first-order chi connectivity index (χ1) is 14.2. The van der Waals surface area contributed by atoms with E-state index in [1.807, 2.05) is 4.90 Å². The zero-order valence-corrected chi connectivity index (χ0v) is 20.1. The molecule has 0 aliphatic heterocycles. The van der Waals surface area contributed by atoms with E-state index >= 15 is 0 Å². The van der Waals surface area contributed by atoms with Crippen LogP contribution in [0.2, 0.25) is 0 Å². The van der Waals surface area contributed by atoms with Gasteiger partial charge in [0.15, 0.2) is 5.69 Å². The first-order valence-electron chi connectivity index (χ1n) is 11.7. The summed E-state index contributed by atoms with van der Waals surface area (Å²) in [5.41, 5.74) is 0.484. The molecule has 0 radical (unpaired) electrons. The van der Waals surface area contributed by atoms with Gasteiger partial charge in [-0.15, -0.1) is 0 Å². The van der Waals surface area contributed by atoms with Crippen LogP contribution in [-0.2, 0) is 11.3 Å². The van der Waals surface area contributed by atoms with Crippen molar-refractivity contribution in [1.82, 2.24) is 15.2 Å². The summed E-state index contributed by atoms with van der Waals surface area (Å²) in [6, 6.07) is 0. The van der Waals surface area contributed by atoms with E-state index in [2.05, 4.69) is 51.8 Å². The standard InChI is InChI=1S/C24H43N3O3/c1-7-9-11-13-25-23(29)20-18-30-21(26-20)17-27(14-12-10-8-2)22(28)15-19(3)16-24(4,5)6/h18-19H,7-17H2,1-6H3,(H,25,29)/t19-/m1/s1. The molecule has 6 heteroatoms. The van der Waals surface area contributed by atoms with Crippen molar-refractivity contribution >= 4 is 11.8 Å². The fourth-order valence-corrected chi connectivity index (χ4v) is 3.71. The third-order valence-electron chi connectivity index (χ3n) is 5.04. The molecule has 0 fully saturated rings. The fraction of sp³-hybridized carbons (Fsp3) is 0.792. The average Bonchev–Trinajstić information content (AvgIpc) is 3.11. The van der Waals surface area contributed by atoms with E-state index in [1.54, 1.807) is 0 Å². The molecule has 1 aromatic heterocycles. The van der Waals surface area contributed by atoms with E-state index in [1.165, 1.54) is 6.26 Å². The third kappa shape index (κ3) is 10.8. The molecular weight excluding hydrogens is 378 g/mol. The lowest BCUT2D eigenvalue weighted by atomic mass is 9.84. The van der Waals surface area contributed by atoms with Crippen LogP contribution in [0.4, 0.5) is 0 Å². The van der Waals surface area contributed by atoms with Crippen LogP contribution in [-0.4, -0.2) is 34.8 Å². The Morgan fingerprint density at radius 3 is 2.43 bits per heavy atom. The van der Waals surface area contributed by atoms with Crippen molar-refractivity contribution in [3.8, 4) is 0 Å². The van der Waals surface area contributed by atoms with Crippen LogP contribution in [0.5, 0.6) is 0 Å². The number of amides is 2. The van der Waals surface area contributed by atoms with Gasteiger partial charge in [0.05, 0.1) is 6.54 Å². The maximum atomic E-state index is 13.0. The van der Waals surface area contributed by atoms with Crippen molar-refractivity contribution < 1.29 is 14.0 Å². The van der Waals surface area contributed by atoms with Gasteiger partial charge in [0.25, 0.3) is 5.91 Å². The minimum absolute atomic E-state index is 0.131. The Balaban J connectivity index is 2.69. The molecule has 1 N–H and O–H groups in total. The fourth-order valence-electron chi connectivity index (χ4n) is 3.71. The summed E-state index contributed by atoms with van der Waals surface area (Å²) in [6.07, 6.45) is 9.22. The van der Waals surface area contributed by atoms with Crippen molar-refractivity contribution in [3.63, 3.8) is 0 Å². The quantitative estimate of drug-likeness (QED) is 0.398. The minimum atomic E-state index is -0.219. The highest BCUT2D eigenvalue weighted by Crippen LogP contribution is 2.26. The van der Waals surface area contributed by atoms with E-state index in [4.69, 9.17) is 4.42 Å². The Kier molecular flexibility index (Phi) is 11.7. The van der Waals surface area contributed by atoms with E-state index in [0.717, 1.165) is 44.9 Å². The average molecular weight is 422 g/mol. The number of nitrogens with one attached hydrogen (secondary N) is 1. The number of rotatable bonds is 14. The number of carbonyl (C=O) groups excluding carboxylic acids is 2. The van der Waals surface area contributed by atoms with Gasteiger partial charge in [-0.1, -0.05) is 67.2 Å². The summed E-state index contributed by atoms with van der Waals surface area (Å²) in [4.78, 5) is 31.3. The molecule has 1 heterocycles. The maximum absolute atomic E-state index is 13.0. The highest BCUT2D eigenvalue weighted by atomic mass is 16.3. The van der Waals surface area contributed by atoms with E-state index in [0.29, 0.717) is 37.9 Å². The molecule has 0 aliphatic rings. The molecule has 0 saturated carbocycles. The predicted octanol–water partition coefficient (Wildman–Crippen LogP) is 5.58. The van der Waals surface area contributed by atoms with Gasteiger partial charge in [-0.2, -0.15) is 0 Å². The molecule has 1 atom stereocenters. The van der Waals surface area contributed by atoms with Crippen molar-refractivity contribution in [2.45, 2.75) is 99.5 Å². The van der Waals surface area contributed by atoms with Crippen molar-refractivity contribution in [2.75, 3.05) is 13.1 Å². The van der Waals surface area contributed by atoms with Crippen LogP contribution < -0.4 is 5.32 Å². The summed E-state index contributed by atoms with van der Waals surface area (Å²) < 4.78 is 5.52. The van der Waals surface area contributed by atoms with Crippen LogP contribution in [0.3, 0.4) is 0 Å². The monoisotopic (exact) mass is 421 g/mol. The van der Waals surface area contributed by atoms with Gasteiger partial charge in [0.2, 0.25) is 11.8 Å². The Hall–Kier alpha value is -1.85. The molecular formula is C24H43N3O3. The number of nitrogens with zero attached hydrogens (tertiary/aromatic N) is 2. The predicted molar refractivity (Wildman–Crippen MR) is 121 cm³/mol. The summed E-state index contributed by atoms with van der Waals surface area (Å²) in [6.45, 7) is 14.7. The zero-order valence-electron chi connectivity index (χ0n) is 20.1. The van der Waals surface area contributed by atoms with Crippen molar-refractivity contribution in [3.05, 3.63) is 17.8 Å². The lowest BCUT2D eigenvalue weighted by Crippen LogP contribution is -2.33. The van der Waals surface area contributed by atoms with E-state index in [9.17, 15) is 9.59 Å². The van der Waals surface area contributed by atoms with Crippen LogP contribution in [0.15, 0.2) is 10.7 Å². The third-order valence-corrected chi connectivity index (χ3v) is 5.04. The molecule has 30 heavy (non-hydrogen) atoms. The molecule has 2 amide bonds. The van der Waals surface area contributed by atoms with Gasteiger partial charge >= 0.3 is 0 Å². The zero-order chi connectivity index (χ0) is 22.6. The van der Waals surface area contributed by atoms with Gasteiger partial charge in [0.1, 0.15) is 6.26 Å². The van der Waals surface area contributed by atoms with Gasteiger partial charge in [-0.25, -0.2) is 4.98 Å². The second kappa shape index (κ2) is 13.5. The molecule has 0 bridgehead atoms. The molecule has 0 unspecified atom stereocenters. The molecule has 0 spiro atoms. The second-order valence-corrected chi connectivity index (χ2v) is 9.69. The molecule has 0 aromatic carbocycles.